The lowest BCUT2D eigenvalue weighted by molar-refractivity contribution is 1.18. The third-order valence-corrected chi connectivity index (χ3v) is 9.40. The molecule has 2 heterocycles. The Morgan fingerprint density at radius 2 is 0.756 bits per heavy atom. The van der Waals surface area contributed by atoms with E-state index in [2.05, 4.69) is 189 Å². The van der Waals surface area contributed by atoms with Crippen LogP contribution < -0.4 is 0 Å². The third-order valence-electron chi connectivity index (χ3n) is 8.94. The molecule has 0 unspecified atom stereocenters. The van der Waals surface area contributed by atoms with E-state index in [0.29, 0.717) is 0 Å². The first kappa shape index (κ1) is 26.1. The van der Waals surface area contributed by atoms with Crippen molar-refractivity contribution in [1.29, 1.82) is 0 Å². The van der Waals surface area contributed by atoms with Gasteiger partial charge in [-0.25, -0.2) is 0 Å². The van der Waals surface area contributed by atoms with Crippen LogP contribution in [0.15, 0.2) is 168 Å². The molecule has 0 aliphatic heterocycles. The quantitative estimate of drug-likeness (QED) is 0.181. The molecule has 212 valence electrons. The maximum absolute atomic E-state index is 3.92. The fraction of sp³-hybridized carbons (Fsp3) is 0. The van der Waals surface area contributed by atoms with Crippen molar-refractivity contribution in [3.8, 4) is 33.6 Å². The molecule has 2 nitrogen and oxygen atoms in total. The van der Waals surface area contributed by atoms with E-state index in [1.165, 1.54) is 65.9 Å². The summed E-state index contributed by atoms with van der Waals surface area (Å²) in [6.07, 6.45) is 0. The zero-order valence-corrected chi connectivity index (χ0v) is 25.9. The zero-order valence-electron chi connectivity index (χ0n) is 24.4. The van der Waals surface area contributed by atoms with Crippen molar-refractivity contribution in [2.45, 2.75) is 0 Å². The summed E-state index contributed by atoms with van der Waals surface area (Å²) in [5.41, 5.74) is 11.9. The number of hydrogen-bond acceptors (Lipinski definition) is 0. The summed E-state index contributed by atoms with van der Waals surface area (Å²) in [5.74, 6) is 0. The highest BCUT2D eigenvalue weighted by molar-refractivity contribution is 9.10. The lowest BCUT2D eigenvalue weighted by Gasteiger charge is -2.15. The molecule has 0 radical (unpaired) electrons. The standard InChI is InChI=1S/C42H27BrN2/c43-30-26-28(33-19-11-21-37-35-17-7-9-23-39(35)44(41(33)37)31-13-3-1-4-14-31)25-29(27-30)34-20-12-22-38-36-18-8-10-24-40(36)45(42(34)38)32-15-5-2-6-16-32/h1-27H. The number of para-hydroxylation sites is 6. The van der Waals surface area contributed by atoms with Crippen molar-refractivity contribution >= 4 is 59.5 Å². The first-order chi connectivity index (χ1) is 22.3. The van der Waals surface area contributed by atoms with Gasteiger partial charge in [-0.3, -0.25) is 0 Å². The Morgan fingerprint density at radius 3 is 1.22 bits per heavy atom. The fourth-order valence-corrected chi connectivity index (χ4v) is 7.59. The minimum absolute atomic E-state index is 1.05. The Morgan fingerprint density at radius 1 is 0.356 bits per heavy atom. The molecule has 0 amide bonds. The van der Waals surface area contributed by atoms with Crippen molar-refractivity contribution in [3.63, 3.8) is 0 Å². The molecule has 2 aromatic heterocycles. The molecule has 9 rings (SSSR count). The van der Waals surface area contributed by atoms with Crippen LogP contribution in [0.25, 0.3) is 77.2 Å². The van der Waals surface area contributed by atoms with Gasteiger partial charge in [0.25, 0.3) is 0 Å². The molecule has 0 atom stereocenters. The lowest BCUT2D eigenvalue weighted by atomic mass is 9.96. The van der Waals surface area contributed by atoms with Crippen molar-refractivity contribution in [1.82, 2.24) is 9.13 Å². The lowest BCUT2D eigenvalue weighted by Crippen LogP contribution is -1.96. The number of halogens is 1. The molecule has 0 saturated carbocycles. The van der Waals surface area contributed by atoms with Gasteiger partial charge in [0, 0.05) is 48.5 Å². The molecule has 0 saturated heterocycles. The van der Waals surface area contributed by atoms with Gasteiger partial charge in [-0.05, 0) is 65.7 Å². The highest BCUT2D eigenvalue weighted by atomic mass is 79.9. The largest absolute Gasteiger partial charge is 0.309 e. The number of nitrogens with zero attached hydrogens (tertiary/aromatic N) is 2. The third kappa shape index (κ3) is 4.08. The second-order valence-corrected chi connectivity index (χ2v) is 12.4. The molecule has 9 aromatic rings. The predicted octanol–water partition coefficient (Wildman–Crippen LogP) is 12.0. The second-order valence-electron chi connectivity index (χ2n) is 11.5. The molecule has 0 aliphatic rings. The van der Waals surface area contributed by atoms with E-state index < -0.39 is 0 Å². The highest BCUT2D eigenvalue weighted by Crippen LogP contribution is 2.42. The molecule has 3 heteroatoms. The fourth-order valence-electron chi connectivity index (χ4n) is 7.09. The van der Waals surface area contributed by atoms with Gasteiger partial charge in [0.1, 0.15) is 0 Å². The number of rotatable bonds is 4. The summed E-state index contributed by atoms with van der Waals surface area (Å²) in [7, 11) is 0. The van der Waals surface area contributed by atoms with Gasteiger partial charge in [-0.15, -0.1) is 0 Å². The highest BCUT2D eigenvalue weighted by Gasteiger charge is 2.19. The van der Waals surface area contributed by atoms with Gasteiger partial charge in [-0.1, -0.05) is 125 Å². The SMILES string of the molecule is Brc1cc(-c2cccc3c4ccccc4n(-c4ccccc4)c23)cc(-c2cccc3c4ccccc4n(-c4ccccc4)c23)c1. The number of fused-ring (bicyclic) bond motifs is 6. The van der Waals surface area contributed by atoms with E-state index in [1.54, 1.807) is 0 Å². The number of aromatic nitrogens is 2. The van der Waals surface area contributed by atoms with Gasteiger partial charge in [0.2, 0.25) is 0 Å². The predicted molar refractivity (Wildman–Crippen MR) is 194 cm³/mol. The summed E-state index contributed by atoms with van der Waals surface area (Å²) in [6, 6.07) is 59.1. The number of hydrogen-bond donors (Lipinski definition) is 0. The van der Waals surface area contributed by atoms with Crippen molar-refractivity contribution in [2.24, 2.45) is 0 Å². The summed E-state index contributed by atoms with van der Waals surface area (Å²) in [6.45, 7) is 0. The maximum atomic E-state index is 3.92. The van der Waals surface area contributed by atoms with Gasteiger partial charge in [0.05, 0.1) is 22.1 Å². The molecule has 0 bridgehead atoms. The Bertz CT molecular complexity index is 2360. The Labute approximate surface area is 269 Å². The molecule has 0 fully saturated rings. The van der Waals surface area contributed by atoms with Crippen LogP contribution in [-0.2, 0) is 0 Å². The Balaban J connectivity index is 1.35. The first-order valence-electron chi connectivity index (χ1n) is 15.2. The average Bonchev–Trinajstić information content (AvgIpc) is 3.62. The van der Waals surface area contributed by atoms with Crippen LogP contribution in [0.3, 0.4) is 0 Å². The van der Waals surface area contributed by atoms with Crippen LogP contribution in [0.5, 0.6) is 0 Å². The smallest absolute Gasteiger partial charge is 0.0619 e. The monoisotopic (exact) mass is 638 g/mol. The Hall–Kier alpha value is -5.38. The molecule has 0 N–H and O–H groups in total. The second kappa shape index (κ2) is 10.4. The van der Waals surface area contributed by atoms with Crippen LogP contribution in [-0.4, -0.2) is 9.13 Å². The maximum Gasteiger partial charge on any atom is 0.0619 e. The molecular weight excluding hydrogens is 612 g/mol. The summed E-state index contributed by atoms with van der Waals surface area (Å²) >= 11 is 3.92. The summed E-state index contributed by atoms with van der Waals surface area (Å²) < 4.78 is 5.87. The molecule has 0 spiro atoms. The van der Waals surface area contributed by atoms with E-state index in [0.717, 1.165) is 15.8 Å². The summed E-state index contributed by atoms with van der Waals surface area (Å²) in [5, 5.41) is 5.01. The molecule has 7 aromatic carbocycles. The van der Waals surface area contributed by atoms with Gasteiger partial charge in [-0.2, -0.15) is 0 Å². The van der Waals surface area contributed by atoms with E-state index in [-0.39, 0.29) is 0 Å². The van der Waals surface area contributed by atoms with Crippen molar-refractivity contribution < 1.29 is 0 Å². The number of benzene rings is 7. The van der Waals surface area contributed by atoms with E-state index in [1.807, 2.05) is 0 Å². The van der Waals surface area contributed by atoms with Crippen molar-refractivity contribution in [2.75, 3.05) is 0 Å². The average molecular weight is 640 g/mol. The van der Waals surface area contributed by atoms with E-state index in [9.17, 15) is 0 Å². The molecule has 0 aliphatic carbocycles. The van der Waals surface area contributed by atoms with Gasteiger partial charge >= 0.3 is 0 Å². The summed E-state index contributed by atoms with van der Waals surface area (Å²) in [4.78, 5) is 0. The van der Waals surface area contributed by atoms with Crippen LogP contribution in [0, 0.1) is 0 Å². The van der Waals surface area contributed by atoms with Crippen LogP contribution >= 0.6 is 15.9 Å². The van der Waals surface area contributed by atoms with E-state index in [4.69, 9.17) is 0 Å². The van der Waals surface area contributed by atoms with E-state index >= 15 is 0 Å². The molecular formula is C42H27BrN2. The van der Waals surface area contributed by atoms with Crippen LogP contribution in [0.1, 0.15) is 0 Å². The molecule has 45 heavy (non-hydrogen) atoms. The van der Waals surface area contributed by atoms with Gasteiger partial charge < -0.3 is 9.13 Å². The van der Waals surface area contributed by atoms with Crippen molar-refractivity contribution in [3.05, 3.63) is 168 Å². The normalized spacial score (nSPS) is 11.7. The zero-order chi connectivity index (χ0) is 29.9. The minimum Gasteiger partial charge on any atom is -0.309 e. The first-order valence-corrected chi connectivity index (χ1v) is 16.0. The van der Waals surface area contributed by atoms with Gasteiger partial charge in [0.15, 0.2) is 0 Å². The minimum atomic E-state index is 1.05. The van der Waals surface area contributed by atoms with Crippen LogP contribution in [0.4, 0.5) is 0 Å². The Kier molecular flexibility index (Phi) is 6.00. The van der Waals surface area contributed by atoms with Crippen LogP contribution in [0.2, 0.25) is 0 Å². The topological polar surface area (TPSA) is 9.86 Å².